The van der Waals surface area contributed by atoms with Gasteiger partial charge in [0.15, 0.2) is 0 Å². The maximum absolute atomic E-state index is 12.9. The van der Waals surface area contributed by atoms with Gasteiger partial charge in [-0.1, -0.05) is 24.3 Å². The molecule has 1 N–H and O–H groups in total. The SMILES string of the molecule is Cc1ccccc1CNC(=O)[C@]1(C)CCCN(S(=O)(=O)c2ccc(Br)s2)C1. The number of halogens is 1. The number of hydrogen-bond donors (Lipinski definition) is 1. The Morgan fingerprint density at radius 3 is 2.70 bits per heavy atom. The van der Waals surface area contributed by atoms with Gasteiger partial charge in [-0.3, -0.25) is 4.79 Å². The Labute approximate surface area is 173 Å². The first-order chi connectivity index (χ1) is 12.7. The molecule has 2 heterocycles. The summed E-state index contributed by atoms with van der Waals surface area (Å²) >= 11 is 4.51. The van der Waals surface area contributed by atoms with Crippen molar-refractivity contribution >= 4 is 43.2 Å². The summed E-state index contributed by atoms with van der Waals surface area (Å²) in [6.07, 6.45) is 1.34. The third-order valence-corrected chi connectivity index (χ3v) is 8.99. The number of nitrogens with one attached hydrogen (secondary N) is 1. The van der Waals surface area contributed by atoms with Gasteiger partial charge < -0.3 is 5.32 Å². The predicted octanol–water partition coefficient (Wildman–Crippen LogP) is 3.93. The van der Waals surface area contributed by atoms with E-state index in [1.807, 2.05) is 38.1 Å². The van der Waals surface area contributed by atoms with E-state index in [0.29, 0.717) is 30.1 Å². The normalized spacial score (nSPS) is 21.1. The van der Waals surface area contributed by atoms with Gasteiger partial charge in [-0.2, -0.15) is 4.31 Å². The second-order valence-electron chi connectivity index (χ2n) is 7.17. The van der Waals surface area contributed by atoms with E-state index in [1.54, 1.807) is 12.1 Å². The number of hydrogen-bond acceptors (Lipinski definition) is 4. The number of thiophene rings is 1. The Morgan fingerprint density at radius 1 is 1.30 bits per heavy atom. The fourth-order valence-electron chi connectivity index (χ4n) is 3.34. The number of amides is 1. The van der Waals surface area contributed by atoms with Crippen LogP contribution in [-0.2, 0) is 21.4 Å². The van der Waals surface area contributed by atoms with Crippen LogP contribution in [-0.4, -0.2) is 31.7 Å². The molecule has 1 saturated heterocycles. The number of carbonyl (C=O) groups excluding carboxylic acids is 1. The molecule has 5 nitrogen and oxygen atoms in total. The molecule has 3 rings (SSSR count). The molecule has 27 heavy (non-hydrogen) atoms. The Balaban J connectivity index is 1.72. The highest BCUT2D eigenvalue weighted by atomic mass is 79.9. The number of piperidine rings is 1. The van der Waals surface area contributed by atoms with Crippen LogP contribution in [0.25, 0.3) is 0 Å². The van der Waals surface area contributed by atoms with Gasteiger partial charge in [0.2, 0.25) is 5.91 Å². The van der Waals surface area contributed by atoms with Crippen LogP contribution in [0.5, 0.6) is 0 Å². The third kappa shape index (κ3) is 4.45. The number of carbonyl (C=O) groups is 1. The molecule has 1 aliphatic heterocycles. The average molecular weight is 471 g/mol. The van der Waals surface area contributed by atoms with E-state index in [2.05, 4.69) is 21.2 Å². The van der Waals surface area contributed by atoms with Crippen LogP contribution >= 0.6 is 27.3 Å². The second kappa shape index (κ2) is 8.03. The minimum atomic E-state index is -3.58. The monoisotopic (exact) mass is 470 g/mol. The maximum atomic E-state index is 12.9. The molecule has 0 spiro atoms. The molecule has 1 aromatic heterocycles. The number of sulfonamides is 1. The van der Waals surface area contributed by atoms with Gasteiger partial charge in [0, 0.05) is 19.6 Å². The predicted molar refractivity (Wildman–Crippen MR) is 111 cm³/mol. The van der Waals surface area contributed by atoms with Crippen molar-refractivity contribution in [1.82, 2.24) is 9.62 Å². The van der Waals surface area contributed by atoms with E-state index in [-0.39, 0.29) is 12.5 Å². The first-order valence-corrected chi connectivity index (χ1v) is 11.9. The summed E-state index contributed by atoms with van der Waals surface area (Å²) in [5.41, 5.74) is 1.46. The first-order valence-electron chi connectivity index (χ1n) is 8.81. The molecular weight excluding hydrogens is 448 g/mol. The summed E-state index contributed by atoms with van der Waals surface area (Å²) < 4.78 is 28.4. The van der Waals surface area contributed by atoms with Crippen molar-refractivity contribution in [2.45, 2.75) is 37.4 Å². The zero-order valence-electron chi connectivity index (χ0n) is 15.4. The molecule has 1 aliphatic rings. The van der Waals surface area contributed by atoms with Gasteiger partial charge in [0.05, 0.1) is 9.20 Å². The quantitative estimate of drug-likeness (QED) is 0.719. The largest absolute Gasteiger partial charge is 0.352 e. The lowest BCUT2D eigenvalue weighted by Crippen LogP contribution is -2.51. The number of aryl methyl sites for hydroxylation is 1. The van der Waals surface area contributed by atoms with Crippen molar-refractivity contribution in [3.8, 4) is 0 Å². The summed E-state index contributed by atoms with van der Waals surface area (Å²) in [6.45, 7) is 4.96. The second-order valence-corrected chi connectivity index (χ2v) is 11.8. The smallest absolute Gasteiger partial charge is 0.252 e. The van der Waals surface area contributed by atoms with Crippen LogP contribution < -0.4 is 5.32 Å². The van der Waals surface area contributed by atoms with E-state index in [1.165, 1.54) is 15.6 Å². The minimum absolute atomic E-state index is 0.0991. The first kappa shape index (κ1) is 20.5. The van der Waals surface area contributed by atoms with E-state index in [4.69, 9.17) is 0 Å². The van der Waals surface area contributed by atoms with Crippen molar-refractivity contribution < 1.29 is 13.2 Å². The highest BCUT2D eigenvalue weighted by Crippen LogP contribution is 2.35. The molecule has 146 valence electrons. The van der Waals surface area contributed by atoms with Crippen LogP contribution in [0.3, 0.4) is 0 Å². The molecule has 2 aromatic rings. The maximum Gasteiger partial charge on any atom is 0.252 e. The fourth-order valence-corrected chi connectivity index (χ4v) is 7.11. The average Bonchev–Trinajstić information content (AvgIpc) is 3.08. The Bertz CT molecular complexity index is 942. The summed E-state index contributed by atoms with van der Waals surface area (Å²) in [5.74, 6) is -0.0991. The molecule has 0 radical (unpaired) electrons. The van der Waals surface area contributed by atoms with Crippen LogP contribution in [0.1, 0.15) is 30.9 Å². The van der Waals surface area contributed by atoms with Gasteiger partial charge in [-0.15, -0.1) is 11.3 Å². The third-order valence-electron chi connectivity index (χ3n) is 5.05. The summed E-state index contributed by atoms with van der Waals surface area (Å²) in [7, 11) is -3.58. The van der Waals surface area contributed by atoms with Gasteiger partial charge in [0.1, 0.15) is 4.21 Å². The zero-order chi connectivity index (χ0) is 19.7. The molecule has 0 aliphatic carbocycles. The molecule has 1 aromatic carbocycles. The van der Waals surface area contributed by atoms with Gasteiger partial charge in [-0.05, 0) is 65.9 Å². The Hall–Kier alpha value is -1.22. The van der Waals surface area contributed by atoms with E-state index in [9.17, 15) is 13.2 Å². The molecule has 0 bridgehead atoms. The Morgan fingerprint density at radius 2 is 2.04 bits per heavy atom. The fraction of sp³-hybridized carbons (Fsp3) is 0.421. The van der Waals surface area contributed by atoms with E-state index in [0.717, 1.165) is 14.9 Å². The Kier molecular flexibility index (Phi) is 6.10. The molecule has 1 amide bonds. The van der Waals surface area contributed by atoms with Crippen LogP contribution in [0.15, 0.2) is 44.4 Å². The zero-order valence-corrected chi connectivity index (χ0v) is 18.6. The molecule has 8 heteroatoms. The van der Waals surface area contributed by atoms with E-state index >= 15 is 0 Å². The number of benzene rings is 1. The number of nitrogens with zero attached hydrogens (tertiary/aromatic N) is 1. The molecule has 1 fully saturated rings. The standard InChI is InChI=1S/C19H23BrN2O3S2/c1-14-6-3-4-7-15(14)12-21-18(23)19(2)10-5-11-22(13-19)27(24,25)17-9-8-16(20)26-17/h3-4,6-9H,5,10-13H2,1-2H3,(H,21,23)/t19-/m1/s1. The highest BCUT2D eigenvalue weighted by Gasteiger charge is 2.42. The molecule has 0 saturated carbocycles. The van der Waals surface area contributed by atoms with Crippen molar-refractivity contribution in [3.05, 3.63) is 51.3 Å². The van der Waals surface area contributed by atoms with Gasteiger partial charge in [0.25, 0.3) is 10.0 Å². The van der Waals surface area contributed by atoms with Crippen molar-refractivity contribution in [2.24, 2.45) is 5.41 Å². The minimum Gasteiger partial charge on any atom is -0.352 e. The van der Waals surface area contributed by atoms with Crippen LogP contribution in [0.2, 0.25) is 0 Å². The number of rotatable bonds is 5. The lowest BCUT2D eigenvalue weighted by Gasteiger charge is -2.38. The van der Waals surface area contributed by atoms with Crippen molar-refractivity contribution in [1.29, 1.82) is 0 Å². The summed E-state index contributed by atoms with van der Waals surface area (Å²) in [4.78, 5) is 12.9. The lowest BCUT2D eigenvalue weighted by atomic mass is 9.82. The van der Waals surface area contributed by atoms with Crippen molar-refractivity contribution in [3.63, 3.8) is 0 Å². The molecule has 1 atom stereocenters. The van der Waals surface area contributed by atoms with Crippen LogP contribution in [0.4, 0.5) is 0 Å². The van der Waals surface area contributed by atoms with Gasteiger partial charge >= 0.3 is 0 Å². The van der Waals surface area contributed by atoms with Crippen molar-refractivity contribution in [2.75, 3.05) is 13.1 Å². The van der Waals surface area contributed by atoms with Gasteiger partial charge in [-0.25, -0.2) is 8.42 Å². The topological polar surface area (TPSA) is 66.5 Å². The van der Waals surface area contributed by atoms with Crippen LogP contribution in [0, 0.1) is 12.3 Å². The molecule has 0 unspecified atom stereocenters. The highest BCUT2D eigenvalue weighted by molar-refractivity contribution is 9.11. The lowest BCUT2D eigenvalue weighted by molar-refractivity contribution is -0.132. The summed E-state index contributed by atoms with van der Waals surface area (Å²) in [6, 6.07) is 11.3. The molecular formula is C19H23BrN2O3S2. The van der Waals surface area contributed by atoms with E-state index < -0.39 is 15.4 Å². The summed E-state index contributed by atoms with van der Waals surface area (Å²) in [5, 5.41) is 3.00.